The molecule has 6 nitrogen and oxygen atoms in total. The number of amides is 1. The number of hydrogen-bond acceptors (Lipinski definition) is 5. The molecule has 0 spiro atoms. The van der Waals surface area contributed by atoms with Gasteiger partial charge in [0.25, 0.3) is 0 Å². The zero-order valence-corrected chi connectivity index (χ0v) is 13.8. The van der Waals surface area contributed by atoms with Crippen molar-refractivity contribution in [3.8, 4) is 0 Å². The molecule has 0 radical (unpaired) electrons. The van der Waals surface area contributed by atoms with Crippen LogP contribution in [0.3, 0.4) is 0 Å². The fourth-order valence-electron chi connectivity index (χ4n) is 2.73. The summed E-state index contributed by atoms with van der Waals surface area (Å²) in [7, 11) is 2.00. The monoisotopic (exact) mass is 337 g/mol. The maximum Gasteiger partial charge on any atom is 0.243 e. The van der Waals surface area contributed by atoms with Gasteiger partial charge in [-0.25, -0.2) is 0 Å². The first-order valence-corrected chi connectivity index (χ1v) is 8.24. The van der Waals surface area contributed by atoms with Crippen LogP contribution in [0.25, 0.3) is 21.9 Å². The number of fused-ring (bicyclic) bond motifs is 2. The van der Waals surface area contributed by atoms with Crippen LogP contribution >= 0.6 is 11.7 Å². The Kier molecular flexibility index (Phi) is 3.62. The van der Waals surface area contributed by atoms with Crippen molar-refractivity contribution in [2.24, 2.45) is 7.05 Å². The molecular weight excluding hydrogens is 322 g/mol. The molecule has 0 saturated carbocycles. The van der Waals surface area contributed by atoms with E-state index in [-0.39, 0.29) is 12.5 Å². The van der Waals surface area contributed by atoms with Gasteiger partial charge < -0.3 is 15.2 Å². The largest absolute Gasteiger partial charge is 0.376 e. The highest BCUT2D eigenvalue weighted by atomic mass is 32.1. The van der Waals surface area contributed by atoms with Gasteiger partial charge in [-0.05, 0) is 30.3 Å². The van der Waals surface area contributed by atoms with Gasteiger partial charge in [-0.15, -0.1) is 0 Å². The summed E-state index contributed by atoms with van der Waals surface area (Å²) in [5.41, 5.74) is 4.27. The highest BCUT2D eigenvalue weighted by Crippen LogP contribution is 2.24. The summed E-state index contributed by atoms with van der Waals surface area (Å²) in [5, 5.41) is 7.19. The first kappa shape index (κ1) is 14.6. The van der Waals surface area contributed by atoms with Crippen LogP contribution in [0.2, 0.25) is 0 Å². The third-order valence-electron chi connectivity index (χ3n) is 3.93. The zero-order chi connectivity index (χ0) is 16.5. The summed E-state index contributed by atoms with van der Waals surface area (Å²) in [6.45, 7) is 0.183. The van der Waals surface area contributed by atoms with Crippen LogP contribution in [0.1, 0.15) is 0 Å². The maximum absolute atomic E-state index is 12.3. The third-order valence-corrected chi connectivity index (χ3v) is 4.47. The van der Waals surface area contributed by atoms with Crippen LogP contribution in [0.5, 0.6) is 0 Å². The highest BCUT2D eigenvalue weighted by Gasteiger charge is 2.09. The lowest BCUT2D eigenvalue weighted by molar-refractivity contribution is -0.114. The van der Waals surface area contributed by atoms with Gasteiger partial charge in [-0.2, -0.15) is 8.75 Å². The van der Waals surface area contributed by atoms with E-state index in [0.717, 1.165) is 39.4 Å². The highest BCUT2D eigenvalue weighted by molar-refractivity contribution is 7.00. The number of nitrogens with one attached hydrogen (secondary N) is 2. The predicted molar refractivity (Wildman–Crippen MR) is 97.5 cm³/mol. The van der Waals surface area contributed by atoms with E-state index in [9.17, 15) is 4.79 Å². The number of hydrogen-bond donors (Lipinski definition) is 2. The number of rotatable bonds is 4. The van der Waals surface area contributed by atoms with E-state index in [1.54, 1.807) is 0 Å². The molecule has 4 rings (SSSR count). The van der Waals surface area contributed by atoms with Crippen molar-refractivity contribution in [3.63, 3.8) is 0 Å². The average Bonchev–Trinajstić information content (AvgIpc) is 3.21. The topological polar surface area (TPSA) is 71.8 Å². The number of benzene rings is 2. The Bertz CT molecular complexity index is 1040. The molecule has 0 aliphatic carbocycles. The summed E-state index contributed by atoms with van der Waals surface area (Å²) in [6.07, 6.45) is 2.01. The fraction of sp³-hybridized carbons (Fsp3) is 0.118. The Morgan fingerprint density at radius 3 is 2.88 bits per heavy atom. The molecule has 2 aromatic heterocycles. The Morgan fingerprint density at radius 1 is 1.12 bits per heavy atom. The van der Waals surface area contributed by atoms with E-state index < -0.39 is 0 Å². The van der Waals surface area contributed by atoms with Crippen molar-refractivity contribution in [1.82, 2.24) is 13.3 Å². The molecule has 1 amide bonds. The second kappa shape index (κ2) is 5.93. The summed E-state index contributed by atoms with van der Waals surface area (Å²) in [6, 6.07) is 13.6. The normalized spacial score (nSPS) is 11.0. The second-order valence-electron chi connectivity index (χ2n) is 5.50. The Morgan fingerprint density at radius 2 is 1.96 bits per heavy atom. The van der Waals surface area contributed by atoms with Gasteiger partial charge in [0.1, 0.15) is 11.0 Å². The standard InChI is InChI=1S/C17H15N5OS/c1-22-9-8-11-12(4-3-7-15(11)22)18-10-16(23)19-13-5-2-6-14-17(13)21-24-20-14/h2-9,18H,10H2,1H3,(H,19,23). The average molecular weight is 337 g/mol. The predicted octanol–water partition coefficient (Wildman–Crippen LogP) is 3.23. The molecule has 0 aliphatic rings. The summed E-state index contributed by atoms with van der Waals surface area (Å²) >= 11 is 1.14. The smallest absolute Gasteiger partial charge is 0.243 e. The van der Waals surface area contributed by atoms with Gasteiger partial charge in [-0.1, -0.05) is 12.1 Å². The number of carbonyl (C=O) groups is 1. The van der Waals surface area contributed by atoms with Gasteiger partial charge in [0.05, 0.1) is 24.0 Å². The molecule has 2 N–H and O–H groups in total. The van der Waals surface area contributed by atoms with Gasteiger partial charge >= 0.3 is 0 Å². The first-order valence-electron chi connectivity index (χ1n) is 7.51. The van der Waals surface area contributed by atoms with E-state index in [2.05, 4.69) is 30.0 Å². The molecule has 4 aromatic rings. The Balaban J connectivity index is 1.49. The van der Waals surface area contributed by atoms with E-state index in [1.165, 1.54) is 0 Å². The molecule has 0 atom stereocenters. The number of nitrogens with zero attached hydrogens (tertiary/aromatic N) is 3. The van der Waals surface area contributed by atoms with E-state index in [4.69, 9.17) is 0 Å². The fourth-order valence-corrected chi connectivity index (χ4v) is 3.28. The molecule has 0 saturated heterocycles. The van der Waals surface area contributed by atoms with Crippen LogP contribution in [0.15, 0.2) is 48.7 Å². The molecule has 0 bridgehead atoms. The molecule has 2 heterocycles. The molecule has 2 aromatic carbocycles. The van der Waals surface area contributed by atoms with Crippen LogP contribution < -0.4 is 10.6 Å². The van der Waals surface area contributed by atoms with Crippen LogP contribution in [-0.2, 0) is 11.8 Å². The molecule has 120 valence electrons. The summed E-state index contributed by atoms with van der Waals surface area (Å²) in [4.78, 5) is 12.3. The van der Waals surface area contributed by atoms with Crippen molar-refractivity contribution < 1.29 is 4.79 Å². The van der Waals surface area contributed by atoms with Gasteiger partial charge in [0, 0.05) is 29.8 Å². The number of aromatic nitrogens is 3. The van der Waals surface area contributed by atoms with Crippen LogP contribution in [0, 0.1) is 0 Å². The van der Waals surface area contributed by atoms with Crippen molar-refractivity contribution in [2.45, 2.75) is 0 Å². The van der Waals surface area contributed by atoms with E-state index in [0.29, 0.717) is 5.69 Å². The minimum absolute atomic E-state index is 0.122. The quantitative estimate of drug-likeness (QED) is 0.600. The third kappa shape index (κ3) is 2.59. The molecule has 0 fully saturated rings. The Hall–Kier alpha value is -2.93. The van der Waals surface area contributed by atoms with Gasteiger partial charge in [0.2, 0.25) is 5.91 Å². The Labute approximate surface area is 142 Å². The lowest BCUT2D eigenvalue weighted by Crippen LogP contribution is -2.21. The minimum Gasteiger partial charge on any atom is -0.376 e. The van der Waals surface area contributed by atoms with Gasteiger partial charge in [0.15, 0.2) is 0 Å². The van der Waals surface area contributed by atoms with Crippen molar-refractivity contribution in [2.75, 3.05) is 17.2 Å². The zero-order valence-electron chi connectivity index (χ0n) is 13.0. The van der Waals surface area contributed by atoms with Crippen LogP contribution in [0.4, 0.5) is 11.4 Å². The van der Waals surface area contributed by atoms with Crippen molar-refractivity contribution >= 4 is 50.9 Å². The number of aryl methyl sites for hydroxylation is 1. The van der Waals surface area contributed by atoms with Gasteiger partial charge in [-0.3, -0.25) is 4.79 Å². The van der Waals surface area contributed by atoms with Crippen LogP contribution in [-0.4, -0.2) is 25.8 Å². The molecule has 24 heavy (non-hydrogen) atoms. The SMILES string of the molecule is Cn1ccc2c(NCC(=O)Nc3cccc4nsnc34)cccc21. The van der Waals surface area contributed by atoms with E-state index >= 15 is 0 Å². The maximum atomic E-state index is 12.3. The molecular formula is C17H15N5OS. The molecule has 7 heteroatoms. The lowest BCUT2D eigenvalue weighted by Gasteiger charge is -2.09. The minimum atomic E-state index is -0.122. The van der Waals surface area contributed by atoms with Crippen molar-refractivity contribution in [1.29, 1.82) is 0 Å². The summed E-state index contributed by atoms with van der Waals surface area (Å²) < 4.78 is 10.5. The lowest BCUT2D eigenvalue weighted by atomic mass is 10.2. The second-order valence-corrected chi connectivity index (χ2v) is 6.03. The van der Waals surface area contributed by atoms with E-state index in [1.807, 2.05) is 49.6 Å². The molecule has 0 aliphatic heterocycles. The first-order chi connectivity index (χ1) is 11.7. The summed E-state index contributed by atoms with van der Waals surface area (Å²) in [5.74, 6) is -0.122. The molecule has 0 unspecified atom stereocenters. The number of anilines is 2. The number of carbonyl (C=O) groups excluding carboxylic acids is 1. The van der Waals surface area contributed by atoms with Crippen molar-refractivity contribution in [3.05, 3.63) is 48.7 Å².